The molecule has 128 valence electrons. The summed E-state index contributed by atoms with van der Waals surface area (Å²) in [5.74, 6) is -0.0364. The molecule has 0 aromatic carbocycles. The average molecular weight is 353 g/mol. The second kappa shape index (κ2) is 9.35. The lowest BCUT2D eigenvalue weighted by molar-refractivity contribution is -0.143. The number of aryl methyl sites for hydroxylation is 1. The van der Waals surface area contributed by atoms with Gasteiger partial charge in [-0.15, -0.1) is 24.8 Å². The van der Waals surface area contributed by atoms with E-state index in [1.165, 1.54) is 0 Å². The van der Waals surface area contributed by atoms with Gasteiger partial charge in [0.1, 0.15) is 0 Å². The van der Waals surface area contributed by atoms with E-state index in [0.29, 0.717) is 26.2 Å². The van der Waals surface area contributed by atoms with Crippen molar-refractivity contribution in [1.29, 1.82) is 0 Å². The predicted octanol–water partition coefficient (Wildman–Crippen LogP) is 1.25. The minimum Gasteiger partial charge on any atom is -0.373 e. The molecular weight excluding hydrogens is 327 g/mol. The van der Waals surface area contributed by atoms with Gasteiger partial charge in [-0.05, 0) is 19.4 Å². The van der Waals surface area contributed by atoms with Gasteiger partial charge >= 0.3 is 0 Å². The Balaban J connectivity index is 0.00000220. The van der Waals surface area contributed by atoms with E-state index in [1.54, 1.807) is 0 Å². The summed E-state index contributed by atoms with van der Waals surface area (Å²) in [5, 5.41) is 4.26. The molecule has 1 saturated heterocycles. The largest absolute Gasteiger partial charge is 0.373 e. The minimum atomic E-state index is -0.152. The molecule has 22 heavy (non-hydrogen) atoms. The van der Waals surface area contributed by atoms with E-state index >= 15 is 0 Å². The standard InChI is InChI=1S/C14H24N4O2.2ClH/c1-10-6-16-18(7-10)9-13-8-17(4-5-20-13)14(19)11(2)12(3)15;;/h6-7,11-13H,4-5,8-9,15H2,1-3H3;2*1H. The normalized spacial score (nSPS) is 20.5. The Morgan fingerprint density at radius 3 is 2.73 bits per heavy atom. The second-order valence-corrected chi connectivity index (χ2v) is 5.66. The topological polar surface area (TPSA) is 73.4 Å². The Kier molecular flexibility index (Phi) is 9.00. The third kappa shape index (κ3) is 5.43. The molecule has 3 atom stereocenters. The highest BCUT2D eigenvalue weighted by Crippen LogP contribution is 2.13. The van der Waals surface area contributed by atoms with Crippen LogP contribution in [0.1, 0.15) is 19.4 Å². The van der Waals surface area contributed by atoms with Gasteiger partial charge in [0.15, 0.2) is 0 Å². The number of hydrogen-bond acceptors (Lipinski definition) is 4. The van der Waals surface area contributed by atoms with Gasteiger partial charge in [0, 0.05) is 25.3 Å². The Morgan fingerprint density at radius 2 is 2.18 bits per heavy atom. The number of ether oxygens (including phenoxy) is 1. The van der Waals surface area contributed by atoms with E-state index < -0.39 is 0 Å². The van der Waals surface area contributed by atoms with Gasteiger partial charge in [0.05, 0.1) is 31.4 Å². The Hall–Kier alpha value is -0.820. The van der Waals surface area contributed by atoms with Gasteiger partial charge in [-0.25, -0.2) is 0 Å². The second-order valence-electron chi connectivity index (χ2n) is 5.66. The van der Waals surface area contributed by atoms with Crippen LogP contribution in [0.4, 0.5) is 0 Å². The molecular formula is C14H26Cl2N4O2. The van der Waals surface area contributed by atoms with Crippen LogP contribution in [0.2, 0.25) is 0 Å². The van der Waals surface area contributed by atoms with Crippen molar-refractivity contribution in [2.24, 2.45) is 11.7 Å². The molecule has 0 radical (unpaired) electrons. The number of nitrogens with zero attached hydrogens (tertiary/aromatic N) is 3. The molecule has 1 aliphatic rings. The number of aromatic nitrogens is 2. The third-order valence-electron chi connectivity index (χ3n) is 3.78. The van der Waals surface area contributed by atoms with Crippen molar-refractivity contribution in [2.75, 3.05) is 19.7 Å². The van der Waals surface area contributed by atoms with Crippen LogP contribution in [0.5, 0.6) is 0 Å². The fourth-order valence-electron chi connectivity index (χ4n) is 2.32. The Labute approximate surface area is 144 Å². The molecule has 6 nitrogen and oxygen atoms in total. The maximum atomic E-state index is 12.3. The van der Waals surface area contributed by atoms with Crippen LogP contribution in [0.25, 0.3) is 0 Å². The summed E-state index contributed by atoms with van der Waals surface area (Å²) in [7, 11) is 0. The highest BCUT2D eigenvalue weighted by atomic mass is 35.5. The first kappa shape index (κ1) is 21.2. The quantitative estimate of drug-likeness (QED) is 0.884. The molecule has 2 rings (SSSR count). The molecule has 3 unspecified atom stereocenters. The maximum absolute atomic E-state index is 12.3. The number of amides is 1. The van der Waals surface area contributed by atoms with Gasteiger partial charge in [0.2, 0.25) is 5.91 Å². The number of carbonyl (C=O) groups excluding carboxylic acids is 1. The molecule has 1 amide bonds. The van der Waals surface area contributed by atoms with Crippen molar-refractivity contribution in [3.05, 3.63) is 18.0 Å². The van der Waals surface area contributed by atoms with E-state index in [4.69, 9.17) is 10.5 Å². The first-order valence-corrected chi connectivity index (χ1v) is 7.12. The number of hydrogen-bond donors (Lipinski definition) is 1. The Morgan fingerprint density at radius 1 is 1.50 bits per heavy atom. The van der Waals surface area contributed by atoms with Crippen molar-refractivity contribution in [2.45, 2.75) is 39.5 Å². The lowest BCUT2D eigenvalue weighted by Gasteiger charge is -2.35. The fourth-order valence-corrected chi connectivity index (χ4v) is 2.32. The van der Waals surface area contributed by atoms with E-state index in [0.717, 1.165) is 5.56 Å². The lowest BCUT2D eigenvalue weighted by atomic mass is 10.0. The van der Waals surface area contributed by atoms with Crippen molar-refractivity contribution < 1.29 is 9.53 Å². The van der Waals surface area contributed by atoms with Crippen molar-refractivity contribution in [3.63, 3.8) is 0 Å². The van der Waals surface area contributed by atoms with Crippen LogP contribution < -0.4 is 5.73 Å². The monoisotopic (exact) mass is 352 g/mol. The van der Waals surface area contributed by atoms with Crippen molar-refractivity contribution in [3.8, 4) is 0 Å². The SMILES string of the molecule is Cc1cnn(CC2CN(C(=O)C(C)C(C)N)CCO2)c1.Cl.Cl. The van der Waals surface area contributed by atoms with Gasteiger partial charge in [-0.1, -0.05) is 6.92 Å². The number of rotatable bonds is 4. The summed E-state index contributed by atoms with van der Waals surface area (Å²) < 4.78 is 7.59. The van der Waals surface area contributed by atoms with Crippen LogP contribution in [0.15, 0.2) is 12.4 Å². The van der Waals surface area contributed by atoms with E-state index in [-0.39, 0.29) is 48.8 Å². The first-order chi connectivity index (χ1) is 9.47. The highest BCUT2D eigenvalue weighted by Gasteiger charge is 2.28. The summed E-state index contributed by atoms with van der Waals surface area (Å²) >= 11 is 0. The molecule has 0 aliphatic carbocycles. The number of morpholine rings is 1. The minimum absolute atomic E-state index is 0. The molecule has 2 N–H and O–H groups in total. The maximum Gasteiger partial charge on any atom is 0.227 e. The fraction of sp³-hybridized carbons (Fsp3) is 0.714. The van der Waals surface area contributed by atoms with Gasteiger partial charge in [-0.3, -0.25) is 9.48 Å². The van der Waals surface area contributed by atoms with Crippen molar-refractivity contribution >= 4 is 30.7 Å². The number of halogens is 2. The molecule has 8 heteroatoms. The van der Waals surface area contributed by atoms with E-state index in [2.05, 4.69) is 5.10 Å². The van der Waals surface area contributed by atoms with E-state index in [1.807, 2.05) is 42.7 Å². The zero-order valence-corrected chi connectivity index (χ0v) is 14.9. The lowest BCUT2D eigenvalue weighted by Crippen LogP contribution is -2.50. The van der Waals surface area contributed by atoms with Crippen molar-refractivity contribution in [1.82, 2.24) is 14.7 Å². The number of carbonyl (C=O) groups is 1. The third-order valence-corrected chi connectivity index (χ3v) is 3.78. The molecule has 1 fully saturated rings. The van der Waals surface area contributed by atoms with Gasteiger partial charge in [-0.2, -0.15) is 5.10 Å². The summed E-state index contributed by atoms with van der Waals surface area (Å²) in [4.78, 5) is 14.2. The van der Waals surface area contributed by atoms with Gasteiger partial charge in [0.25, 0.3) is 0 Å². The summed E-state index contributed by atoms with van der Waals surface area (Å²) in [6, 6.07) is -0.127. The smallest absolute Gasteiger partial charge is 0.227 e. The molecule has 2 heterocycles. The zero-order valence-electron chi connectivity index (χ0n) is 13.3. The predicted molar refractivity (Wildman–Crippen MR) is 90.6 cm³/mol. The van der Waals surface area contributed by atoms with Crippen LogP contribution in [-0.4, -0.2) is 52.4 Å². The summed E-state index contributed by atoms with van der Waals surface area (Å²) in [6.07, 6.45) is 3.80. The molecule has 0 saturated carbocycles. The summed E-state index contributed by atoms with van der Waals surface area (Å²) in [6.45, 7) is 8.25. The zero-order chi connectivity index (χ0) is 14.7. The van der Waals surface area contributed by atoms with Crippen LogP contribution in [-0.2, 0) is 16.1 Å². The highest BCUT2D eigenvalue weighted by molar-refractivity contribution is 5.85. The molecule has 1 aromatic heterocycles. The molecule has 0 spiro atoms. The Bertz CT molecular complexity index is 467. The average Bonchev–Trinajstić information content (AvgIpc) is 2.82. The van der Waals surface area contributed by atoms with Crippen LogP contribution in [0.3, 0.4) is 0 Å². The molecule has 1 aliphatic heterocycles. The first-order valence-electron chi connectivity index (χ1n) is 7.12. The molecule has 0 bridgehead atoms. The summed E-state index contributed by atoms with van der Waals surface area (Å²) in [5.41, 5.74) is 6.94. The van der Waals surface area contributed by atoms with Gasteiger partial charge < -0.3 is 15.4 Å². The molecule has 1 aromatic rings. The van der Waals surface area contributed by atoms with Crippen LogP contribution >= 0.6 is 24.8 Å². The van der Waals surface area contributed by atoms with Crippen LogP contribution in [0, 0.1) is 12.8 Å². The number of nitrogens with two attached hydrogens (primary N) is 1. The van der Waals surface area contributed by atoms with E-state index in [9.17, 15) is 4.79 Å².